The Morgan fingerprint density at radius 2 is 1.81 bits per heavy atom. The van der Waals surface area contributed by atoms with Crippen LogP contribution in [0, 0.1) is 11.6 Å². The number of benzene rings is 1. The molecule has 1 aliphatic carbocycles. The van der Waals surface area contributed by atoms with Gasteiger partial charge in [-0.15, -0.1) is 11.8 Å². The van der Waals surface area contributed by atoms with Crippen molar-refractivity contribution >= 4 is 11.8 Å². The number of hydrogen-bond acceptors (Lipinski definition) is 3. The Bertz CT molecular complexity index is 437. The molecule has 0 radical (unpaired) electrons. The SMILES string of the molecule is CCN(CC)CCSc1c(F)cc(CNC2CC2)cc1F. The van der Waals surface area contributed by atoms with Gasteiger partial charge in [-0.2, -0.15) is 0 Å². The largest absolute Gasteiger partial charge is 0.310 e. The van der Waals surface area contributed by atoms with E-state index in [1.165, 1.54) is 36.7 Å². The first-order valence-corrected chi connectivity index (χ1v) is 8.69. The Morgan fingerprint density at radius 3 is 2.33 bits per heavy atom. The van der Waals surface area contributed by atoms with E-state index in [1.54, 1.807) is 0 Å². The van der Waals surface area contributed by atoms with Gasteiger partial charge in [0.25, 0.3) is 0 Å². The summed E-state index contributed by atoms with van der Waals surface area (Å²) in [6, 6.07) is 3.45. The third-order valence-electron chi connectivity index (χ3n) is 3.78. The molecule has 0 spiro atoms. The number of nitrogens with one attached hydrogen (secondary N) is 1. The Labute approximate surface area is 130 Å². The molecule has 0 bridgehead atoms. The normalized spacial score (nSPS) is 14.9. The van der Waals surface area contributed by atoms with Crippen molar-refractivity contribution in [3.05, 3.63) is 29.3 Å². The summed E-state index contributed by atoms with van der Waals surface area (Å²) in [4.78, 5) is 2.40. The monoisotopic (exact) mass is 314 g/mol. The minimum atomic E-state index is -0.438. The lowest BCUT2D eigenvalue weighted by atomic mass is 10.2. The van der Waals surface area contributed by atoms with E-state index in [0.717, 1.165) is 19.6 Å². The third kappa shape index (κ3) is 5.24. The molecule has 0 amide bonds. The Hall–Kier alpha value is -0.650. The van der Waals surface area contributed by atoms with E-state index in [1.807, 2.05) is 0 Å². The van der Waals surface area contributed by atoms with Gasteiger partial charge in [0.1, 0.15) is 11.6 Å². The number of halogens is 2. The smallest absolute Gasteiger partial charge is 0.140 e. The summed E-state index contributed by atoms with van der Waals surface area (Å²) in [5.74, 6) is -0.172. The molecular weight excluding hydrogens is 290 g/mol. The predicted molar refractivity (Wildman–Crippen MR) is 84.7 cm³/mol. The van der Waals surface area contributed by atoms with E-state index in [-0.39, 0.29) is 4.90 Å². The predicted octanol–water partition coefficient (Wildman–Crippen LogP) is 3.65. The maximum Gasteiger partial charge on any atom is 0.140 e. The molecule has 1 aromatic carbocycles. The molecule has 118 valence electrons. The Morgan fingerprint density at radius 1 is 1.19 bits per heavy atom. The molecule has 2 nitrogen and oxygen atoms in total. The van der Waals surface area contributed by atoms with E-state index in [2.05, 4.69) is 24.1 Å². The Kier molecular flexibility index (Phi) is 6.45. The second-order valence-electron chi connectivity index (χ2n) is 5.42. The zero-order chi connectivity index (χ0) is 15.2. The van der Waals surface area contributed by atoms with Crippen molar-refractivity contribution in [3.63, 3.8) is 0 Å². The third-order valence-corrected chi connectivity index (χ3v) is 4.84. The second-order valence-corrected chi connectivity index (χ2v) is 6.52. The number of thioether (sulfide) groups is 1. The van der Waals surface area contributed by atoms with E-state index in [9.17, 15) is 8.78 Å². The summed E-state index contributed by atoms with van der Waals surface area (Å²) in [5, 5.41) is 3.27. The molecule has 0 aromatic heterocycles. The van der Waals surface area contributed by atoms with Gasteiger partial charge in [0.05, 0.1) is 4.90 Å². The molecule has 0 heterocycles. The van der Waals surface area contributed by atoms with Crippen molar-refractivity contribution < 1.29 is 8.78 Å². The van der Waals surface area contributed by atoms with Crippen LogP contribution in [0.3, 0.4) is 0 Å². The molecule has 1 aliphatic rings. The topological polar surface area (TPSA) is 15.3 Å². The number of hydrogen-bond donors (Lipinski definition) is 1. The van der Waals surface area contributed by atoms with E-state index >= 15 is 0 Å². The quantitative estimate of drug-likeness (QED) is 0.701. The van der Waals surface area contributed by atoms with Gasteiger partial charge in [-0.3, -0.25) is 0 Å². The van der Waals surface area contributed by atoms with Crippen LogP contribution >= 0.6 is 11.8 Å². The molecule has 5 heteroatoms. The lowest BCUT2D eigenvalue weighted by Crippen LogP contribution is -2.25. The van der Waals surface area contributed by atoms with Gasteiger partial charge >= 0.3 is 0 Å². The maximum atomic E-state index is 14.0. The first-order valence-electron chi connectivity index (χ1n) is 7.70. The zero-order valence-corrected chi connectivity index (χ0v) is 13.6. The van der Waals surface area contributed by atoms with Gasteiger partial charge in [-0.05, 0) is 43.6 Å². The highest BCUT2D eigenvalue weighted by atomic mass is 32.2. The summed E-state index contributed by atoms with van der Waals surface area (Å²) >= 11 is 1.27. The summed E-state index contributed by atoms with van der Waals surface area (Å²) in [6.07, 6.45) is 2.34. The second kappa shape index (κ2) is 8.11. The van der Waals surface area contributed by atoms with Crippen LogP contribution in [0.15, 0.2) is 17.0 Å². The molecule has 0 aliphatic heterocycles. The van der Waals surface area contributed by atoms with Crippen molar-refractivity contribution in [2.45, 2.75) is 44.2 Å². The summed E-state index contributed by atoms with van der Waals surface area (Å²) in [5.41, 5.74) is 0.685. The fourth-order valence-electron chi connectivity index (χ4n) is 2.22. The van der Waals surface area contributed by atoms with E-state index < -0.39 is 11.6 Å². The molecule has 2 rings (SSSR count). The summed E-state index contributed by atoms with van der Waals surface area (Å²) in [6.45, 7) is 7.51. The van der Waals surface area contributed by atoms with Crippen LogP contribution in [0.2, 0.25) is 0 Å². The van der Waals surface area contributed by atoms with Crippen LogP contribution in [0.25, 0.3) is 0 Å². The lowest BCUT2D eigenvalue weighted by molar-refractivity contribution is 0.324. The number of rotatable bonds is 9. The first-order chi connectivity index (χ1) is 10.1. The van der Waals surface area contributed by atoms with Crippen molar-refractivity contribution in [1.82, 2.24) is 10.2 Å². The van der Waals surface area contributed by atoms with Crippen LogP contribution in [0.1, 0.15) is 32.3 Å². The molecule has 1 saturated carbocycles. The van der Waals surface area contributed by atoms with Crippen LogP contribution in [0.4, 0.5) is 8.78 Å². The van der Waals surface area contributed by atoms with Gasteiger partial charge < -0.3 is 10.2 Å². The minimum absolute atomic E-state index is 0.150. The average Bonchev–Trinajstić information content (AvgIpc) is 3.28. The highest BCUT2D eigenvalue weighted by molar-refractivity contribution is 7.99. The molecule has 1 fully saturated rings. The van der Waals surface area contributed by atoms with Gasteiger partial charge in [0.2, 0.25) is 0 Å². The van der Waals surface area contributed by atoms with E-state index in [0.29, 0.717) is 23.9 Å². The molecule has 0 saturated heterocycles. The standard InChI is InChI=1S/C16H24F2N2S/c1-3-20(4-2)7-8-21-16-14(17)9-12(10-15(16)18)11-19-13-5-6-13/h9-10,13,19H,3-8,11H2,1-2H3. The number of nitrogens with zero attached hydrogens (tertiary/aromatic N) is 1. The minimum Gasteiger partial charge on any atom is -0.310 e. The van der Waals surface area contributed by atoms with Crippen LogP contribution in [0.5, 0.6) is 0 Å². The maximum absolute atomic E-state index is 14.0. The molecule has 0 atom stereocenters. The average molecular weight is 314 g/mol. The van der Waals surface area contributed by atoms with Crippen molar-refractivity contribution in [2.24, 2.45) is 0 Å². The van der Waals surface area contributed by atoms with Crippen molar-refractivity contribution in [1.29, 1.82) is 0 Å². The van der Waals surface area contributed by atoms with Crippen molar-refractivity contribution in [2.75, 3.05) is 25.4 Å². The fraction of sp³-hybridized carbons (Fsp3) is 0.625. The lowest BCUT2D eigenvalue weighted by Gasteiger charge is -2.17. The van der Waals surface area contributed by atoms with Crippen LogP contribution in [-0.4, -0.2) is 36.3 Å². The Balaban J connectivity index is 1.89. The summed E-state index contributed by atoms with van der Waals surface area (Å²) < 4.78 is 28.1. The van der Waals surface area contributed by atoms with Crippen molar-refractivity contribution in [3.8, 4) is 0 Å². The highest BCUT2D eigenvalue weighted by Gasteiger charge is 2.20. The van der Waals surface area contributed by atoms with Gasteiger partial charge in [0.15, 0.2) is 0 Å². The highest BCUT2D eigenvalue weighted by Crippen LogP contribution is 2.27. The first kappa shape index (κ1) is 16.7. The fourth-order valence-corrected chi connectivity index (χ4v) is 3.17. The molecular formula is C16H24F2N2S. The van der Waals surface area contributed by atoms with Crippen LogP contribution in [-0.2, 0) is 6.54 Å². The van der Waals surface area contributed by atoms with Gasteiger partial charge in [0, 0.05) is 24.9 Å². The molecule has 0 unspecified atom stereocenters. The van der Waals surface area contributed by atoms with Gasteiger partial charge in [-0.1, -0.05) is 13.8 Å². The van der Waals surface area contributed by atoms with Crippen LogP contribution < -0.4 is 5.32 Å². The zero-order valence-electron chi connectivity index (χ0n) is 12.8. The molecule has 1 N–H and O–H groups in total. The van der Waals surface area contributed by atoms with Gasteiger partial charge in [-0.25, -0.2) is 8.78 Å². The molecule has 1 aromatic rings. The molecule has 21 heavy (non-hydrogen) atoms. The van der Waals surface area contributed by atoms with E-state index in [4.69, 9.17) is 0 Å². The summed E-state index contributed by atoms with van der Waals surface area (Å²) in [7, 11) is 0.